The fourth-order valence-electron chi connectivity index (χ4n) is 4.38. The van der Waals surface area contributed by atoms with Gasteiger partial charge in [0.1, 0.15) is 0 Å². The molecule has 1 aliphatic carbocycles. The molecule has 0 atom stereocenters. The van der Waals surface area contributed by atoms with E-state index in [4.69, 9.17) is 9.97 Å². The smallest absolute Gasteiger partial charge is 0.235 e. The van der Waals surface area contributed by atoms with E-state index in [1.165, 1.54) is 10.8 Å². The normalized spacial score (nSPS) is 13.6. The summed E-state index contributed by atoms with van der Waals surface area (Å²) in [5, 5.41) is 2.43. The third-order valence-electron chi connectivity index (χ3n) is 5.85. The van der Waals surface area contributed by atoms with Crippen LogP contribution in [0.15, 0.2) is 103 Å². The van der Waals surface area contributed by atoms with E-state index in [1.807, 2.05) is 6.07 Å². The lowest BCUT2D eigenvalue weighted by atomic mass is 10.0. The zero-order chi connectivity index (χ0) is 20.6. The predicted molar refractivity (Wildman–Crippen MR) is 128 cm³/mol. The molecule has 5 aromatic rings. The van der Waals surface area contributed by atoms with Gasteiger partial charge in [0.2, 0.25) is 5.95 Å². The van der Waals surface area contributed by atoms with E-state index in [9.17, 15) is 0 Å². The molecule has 0 radical (unpaired) electrons. The minimum atomic E-state index is 0.702. The number of fused-ring (bicyclic) bond motifs is 3. The molecule has 2 heterocycles. The van der Waals surface area contributed by atoms with Crippen molar-refractivity contribution in [2.24, 2.45) is 0 Å². The average molecular weight is 399 g/mol. The van der Waals surface area contributed by atoms with E-state index in [0.717, 1.165) is 46.4 Å². The van der Waals surface area contributed by atoms with Gasteiger partial charge in [-0.2, -0.15) is 0 Å². The van der Waals surface area contributed by atoms with E-state index in [0.29, 0.717) is 5.95 Å². The molecule has 31 heavy (non-hydrogen) atoms. The number of benzene rings is 3. The molecular weight excluding hydrogens is 378 g/mol. The van der Waals surface area contributed by atoms with Gasteiger partial charge < -0.3 is 0 Å². The topological polar surface area (TPSA) is 30.7 Å². The molecule has 3 aromatic carbocycles. The Morgan fingerprint density at radius 3 is 1.97 bits per heavy atom. The Kier molecular flexibility index (Phi) is 4.24. The van der Waals surface area contributed by atoms with Crippen molar-refractivity contribution in [3.8, 4) is 17.2 Å². The number of para-hydroxylation sites is 2. The maximum atomic E-state index is 5.06. The minimum absolute atomic E-state index is 0.702. The van der Waals surface area contributed by atoms with Gasteiger partial charge in [-0.25, -0.2) is 9.97 Å². The van der Waals surface area contributed by atoms with Crippen LogP contribution in [0.4, 0.5) is 0 Å². The number of allylic oxidation sites excluding steroid dienone is 4. The molecule has 148 valence electrons. The summed E-state index contributed by atoms with van der Waals surface area (Å²) in [5.74, 6) is 0.702. The highest BCUT2D eigenvalue weighted by Gasteiger charge is 2.16. The summed E-state index contributed by atoms with van der Waals surface area (Å²) < 4.78 is 2.19. The molecule has 0 saturated carbocycles. The Labute approximate surface area is 181 Å². The van der Waals surface area contributed by atoms with Crippen molar-refractivity contribution in [1.82, 2.24) is 14.5 Å². The van der Waals surface area contributed by atoms with Crippen LogP contribution >= 0.6 is 0 Å². The number of hydrogen-bond acceptors (Lipinski definition) is 2. The Hall–Kier alpha value is -3.98. The lowest BCUT2D eigenvalue weighted by molar-refractivity contribution is 0.978. The molecule has 1 aliphatic rings. The fourth-order valence-corrected chi connectivity index (χ4v) is 4.38. The van der Waals surface area contributed by atoms with Gasteiger partial charge in [-0.1, -0.05) is 85.0 Å². The van der Waals surface area contributed by atoms with E-state index < -0.39 is 0 Å². The van der Waals surface area contributed by atoms with Crippen LogP contribution in [-0.4, -0.2) is 14.5 Å². The molecule has 0 fully saturated rings. The van der Waals surface area contributed by atoms with Crippen LogP contribution in [0.25, 0.3) is 44.6 Å². The standard InChI is InChI=1S/C28H21N3/c1-3-11-20(12-4-1)24-19-25(21-13-5-2-6-14-21)30-28(29-24)31-26-17-9-7-15-22(26)23-16-8-10-18-27(23)31/h1,3-5,7-19H,2,6H2. The predicted octanol–water partition coefficient (Wildman–Crippen LogP) is 6.97. The second-order valence-corrected chi connectivity index (χ2v) is 7.81. The third-order valence-corrected chi connectivity index (χ3v) is 5.85. The number of rotatable bonds is 3. The molecule has 0 spiro atoms. The minimum Gasteiger partial charge on any atom is -0.278 e. The summed E-state index contributed by atoms with van der Waals surface area (Å²) in [7, 11) is 0. The van der Waals surface area contributed by atoms with Gasteiger partial charge in [0.15, 0.2) is 0 Å². The molecule has 0 N–H and O–H groups in total. The highest BCUT2D eigenvalue weighted by atomic mass is 15.2. The van der Waals surface area contributed by atoms with Gasteiger partial charge in [-0.3, -0.25) is 4.57 Å². The zero-order valence-electron chi connectivity index (χ0n) is 17.1. The molecule has 0 amide bonds. The highest BCUT2D eigenvalue weighted by molar-refractivity contribution is 6.08. The van der Waals surface area contributed by atoms with Gasteiger partial charge in [0.05, 0.1) is 22.4 Å². The Balaban J connectivity index is 1.67. The third kappa shape index (κ3) is 3.06. The van der Waals surface area contributed by atoms with E-state index in [1.54, 1.807) is 0 Å². The molecule has 6 rings (SSSR count). The zero-order valence-corrected chi connectivity index (χ0v) is 17.1. The maximum Gasteiger partial charge on any atom is 0.235 e. The fraction of sp³-hybridized carbons (Fsp3) is 0.0714. The summed E-state index contributed by atoms with van der Waals surface area (Å²) in [6.45, 7) is 0. The number of hydrogen-bond donors (Lipinski definition) is 0. The Morgan fingerprint density at radius 1 is 0.645 bits per heavy atom. The monoisotopic (exact) mass is 399 g/mol. The quantitative estimate of drug-likeness (QED) is 0.328. The van der Waals surface area contributed by atoms with Crippen molar-refractivity contribution in [3.05, 3.63) is 109 Å². The first kappa shape index (κ1) is 17.8. The summed E-state index contributed by atoms with van der Waals surface area (Å²) in [5.41, 5.74) is 6.38. The summed E-state index contributed by atoms with van der Waals surface area (Å²) in [4.78, 5) is 10.1. The van der Waals surface area contributed by atoms with Gasteiger partial charge in [0.25, 0.3) is 0 Å². The first-order valence-corrected chi connectivity index (χ1v) is 10.7. The second kappa shape index (κ2) is 7.37. The van der Waals surface area contributed by atoms with E-state index in [2.05, 4.69) is 102 Å². The molecule has 3 nitrogen and oxygen atoms in total. The Bertz CT molecular complexity index is 1420. The van der Waals surface area contributed by atoms with Crippen LogP contribution in [0.2, 0.25) is 0 Å². The van der Waals surface area contributed by atoms with Gasteiger partial charge >= 0.3 is 0 Å². The summed E-state index contributed by atoms with van der Waals surface area (Å²) >= 11 is 0. The molecular formula is C28H21N3. The van der Waals surface area contributed by atoms with Crippen molar-refractivity contribution >= 4 is 27.4 Å². The number of nitrogens with zero attached hydrogens (tertiary/aromatic N) is 3. The summed E-state index contributed by atoms with van der Waals surface area (Å²) in [6.07, 6.45) is 8.80. The van der Waals surface area contributed by atoms with Gasteiger partial charge in [-0.15, -0.1) is 0 Å². The van der Waals surface area contributed by atoms with Crippen molar-refractivity contribution < 1.29 is 0 Å². The van der Waals surface area contributed by atoms with E-state index >= 15 is 0 Å². The van der Waals surface area contributed by atoms with Crippen LogP contribution in [0.1, 0.15) is 18.5 Å². The second-order valence-electron chi connectivity index (χ2n) is 7.81. The van der Waals surface area contributed by atoms with Crippen LogP contribution in [0.3, 0.4) is 0 Å². The average Bonchev–Trinajstić information content (AvgIpc) is 3.19. The molecule has 0 bridgehead atoms. The van der Waals surface area contributed by atoms with Crippen molar-refractivity contribution in [2.45, 2.75) is 12.8 Å². The van der Waals surface area contributed by atoms with Crippen LogP contribution < -0.4 is 0 Å². The van der Waals surface area contributed by atoms with Crippen molar-refractivity contribution in [3.63, 3.8) is 0 Å². The Morgan fingerprint density at radius 2 is 1.29 bits per heavy atom. The van der Waals surface area contributed by atoms with E-state index in [-0.39, 0.29) is 0 Å². The highest BCUT2D eigenvalue weighted by Crippen LogP contribution is 2.32. The first-order valence-electron chi connectivity index (χ1n) is 10.7. The maximum absolute atomic E-state index is 5.06. The summed E-state index contributed by atoms with van der Waals surface area (Å²) in [6, 6.07) is 29.4. The lowest BCUT2D eigenvalue weighted by Crippen LogP contribution is -2.05. The van der Waals surface area contributed by atoms with Crippen LogP contribution in [0.5, 0.6) is 0 Å². The molecule has 2 aromatic heterocycles. The lowest BCUT2D eigenvalue weighted by Gasteiger charge is -2.13. The molecule has 0 unspecified atom stereocenters. The largest absolute Gasteiger partial charge is 0.278 e. The van der Waals surface area contributed by atoms with Crippen LogP contribution in [0, 0.1) is 0 Å². The SMILES string of the molecule is C1=CC(c2cc(-c3ccccc3)nc(-n3c4ccccc4c4ccccc43)n2)=CCC1. The first-order chi connectivity index (χ1) is 15.4. The van der Waals surface area contributed by atoms with Crippen LogP contribution in [-0.2, 0) is 0 Å². The van der Waals surface area contributed by atoms with Gasteiger partial charge in [0, 0.05) is 16.3 Å². The molecule has 0 saturated heterocycles. The van der Waals surface area contributed by atoms with Crippen molar-refractivity contribution in [1.29, 1.82) is 0 Å². The number of aromatic nitrogens is 3. The molecule has 0 aliphatic heterocycles. The molecule has 3 heteroatoms. The van der Waals surface area contributed by atoms with Crippen molar-refractivity contribution in [2.75, 3.05) is 0 Å². The van der Waals surface area contributed by atoms with Gasteiger partial charge in [-0.05, 0) is 36.6 Å².